The zero-order valence-electron chi connectivity index (χ0n) is 17.9. The van der Waals surface area contributed by atoms with Gasteiger partial charge in [-0.1, -0.05) is 30.3 Å². The van der Waals surface area contributed by atoms with Crippen LogP contribution in [0.15, 0.2) is 48.5 Å². The van der Waals surface area contributed by atoms with E-state index in [0.29, 0.717) is 12.1 Å². The van der Waals surface area contributed by atoms with Gasteiger partial charge in [0.05, 0.1) is 23.3 Å². The van der Waals surface area contributed by atoms with Crippen LogP contribution in [0.4, 0.5) is 0 Å². The summed E-state index contributed by atoms with van der Waals surface area (Å²) in [5.74, 6) is 0.877. The number of hydrogen-bond acceptors (Lipinski definition) is 4. The highest BCUT2D eigenvalue weighted by Crippen LogP contribution is 2.30. The number of aryl methyl sites for hydroxylation is 3. The van der Waals surface area contributed by atoms with Crippen LogP contribution >= 0.6 is 0 Å². The van der Waals surface area contributed by atoms with Crippen LogP contribution in [0.2, 0.25) is 0 Å². The predicted octanol–water partition coefficient (Wildman–Crippen LogP) is 4.12. The van der Waals surface area contributed by atoms with Gasteiger partial charge in [0.15, 0.2) is 5.65 Å². The first-order valence-corrected chi connectivity index (χ1v) is 10.4. The number of pyridine rings is 1. The van der Waals surface area contributed by atoms with Crippen LogP contribution in [0, 0.1) is 13.8 Å². The second kappa shape index (κ2) is 7.54. The molecule has 0 bridgehead atoms. The Morgan fingerprint density at radius 2 is 1.87 bits per heavy atom. The minimum atomic E-state index is -0.116. The average molecular weight is 412 g/mol. The number of carbonyl (C=O) groups excluding carboxylic acids is 1. The highest BCUT2D eigenvalue weighted by atomic mass is 16.5. The van der Waals surface area contributed by atoms with Crippen molar-refractivity contribution in [3.05, 3.63) is 76.6 Å². The molecule has 2 aromatic heterocycles. The molecular formula is C25H24N4O2. The second-order valence-electron chi connectivity index (χ2n) is 8.02. The number of nitrogens with one attached hydrogen (secondary N) is 1. The molecular weight excluding hydrogens is 388 g/mol. The number of carbonyl (C=O) groups is 1. The summed E-state index contributed by atoms with van der Waals surface area (Å²) >= 11 is 0. The summed E-state index contributed by atoms with van der Waals surface area (Å²) in [5.41, 5.74) is 7.59. The fourth-order valence-corrected chi connectivity index (χ4v) is 4.21. The monoisotopic (exact) mass is 412 g/mol. The molecule has 3 heterocycles. The molecule has 0 atom stereocenters. The largest absolute Gasteiger partial charge is 0.493 e. The molecule has 1 amide bonds. The normalized spacial score (nSPS) is 12.6. The Morgan fingerprint density at radius 1 is 1.10 bits per heavy atom. The number of hydrogen-bond donors (Lipinski definition) is 1. The van der Waals surface area contributed by atoms with Crippen molar-refractivity contribution < 1.29 is 9.53 Å². The Labute approximate surface area is 180 Å². The van der Waals surface area contributed by atoms with Crippen molar-refractivity contribution in [2.24, 2.45) is 7.05 Å². The Hall–Kier alpha value is -3.67. The standard InChI is InChI=1S/C25H24N4O2/c1-15-12-21(23-16(2)28-29(3)24(23)27-15)25(30)26-14-17-4-6-18(7-5-17)19-8-9-22-20(13-19)10-11-31-22/h4-9,12-13H,10-11,14H2,1-3H3,(H,26,30). The van der Waals surface area contributed by atoms with Gasteiger partial charge in [-0.05, 0) is 54.3 Å². The third kappa shape index (κ3) is 3.54. The highest BCUT2D eigenvalue weighted by Gasteiger charge is 2.17. The molecule has 2 aromatic carbocycles. The summed E-state index contributed by atoms with van der Waals surface area (Å²) < 4.78 is 7.31. The molecule has 6 nitrogen and oxygen atoms in total. The zero-order valence-corrected chi connectivity index (χ0v) is 17.9. The molecule has 0 aliphatic carbocycles. The molecule has 5 rings (SSSR count). The van der Waals surface area contributed by atoms with Gasteiger partial charge in [-0.2, -0.15) is 5.10 Å². The summed E-state index contributed by atoms with van der Waals surface area (Å²) in [7, 11) is 1.85. The topological polar surface area (TPSA) is 69.0 Å². The van der Waals surface area contributed by atoms with E-state index in [-0.39, 0.29) is 5.91 Å². The molecule has 6 heteroatoms. The summed E-state index contributed by atoms with van der Waals surface area (Å²) in [6.45, 7) is 5.01. The molecule has 0 saturated heterocycles. The van der Waals surface area contributed by atoms with Gasteiger partial charge < -0.3 is 10.1 Å². The number of nitrogens with zero attached hydrogens (tertiary/aromatic N) is 3. The minimum Gasteiger partial charge on any atom is -0.493 e. The SMILES string of the molecule is Cc1cc(C(=O)NCc2ccc(-c3ccc4c(c3)CCO4)cc2)c2c(C)nn(C)c2n1. The molecule has 1 aliphatic heterocycles. The number of ether oxygens (including phenoxy) is 1. The van der Waals surface area contributed by atoms with Gasteiger partial charge in [-0.3, -0.25) is 9.48 Å². The van der Waals surface area contributed by atoms with E-state index in [1.165, 1.54) is 11.1 Å². The first-order chi connectivity index (χ1) is 15.0. The minimum absolute atomic E-state index is 0.116. The van der Waals surface area contributed by atoms with E-state index in [1.54, 1.807) is 4.68 Å². The fourth-order valence-electron chi connectivity index (χ4n) is 4.21. The van der Waals surface area contributed by atoms with Crippen molar-refractivity contribution in [1.29, 1.82) is 0 Å². The van der Waals surface area contributed by atoms with Crippen molar-refractivity contribution in [2.75, 3.05) is 6.61 Å². The Morgan fingerprint density at radius 3 is 2.68 bits per heavy atom. The van der Waals surface area contributed by atoms with Crippen LogP contribution in [0.25, 0.3) is 22.2 Å². The Balaban J connectivity index is 1.33. The van der Waals surface area contributed by atoms with Gasteiger partial charge in [0, 0.05) is 25.7 Å². The maximum atomic E-state index is 13.0. The molecule has 1 aliphatic rings. The third-order valence-electron chi connectivity index (χ3n) is 5.77. The van der Waals surface area contributed by atoms with Gasteiger partial charge in [-0.25, -0.2) is 4.98 Å². The Kier molecular flexibility index (Phi) is 4.70. The molecule has 1 N–H and O–H groups in total. The highest BCUT2D eigenvalue weighted by molar-refractivity contribution is 6.06. The van der Waals surface area contributed by atoms with Crippen molar-refractivity contribution in [2.45, 2.75) is 26.8 Å². The van der Waals surface area contributed by atoms with E-state index in [1.807, 2.05) is 33.0 Å². The quantitative estimate of drug-likeness (QED) is 0.548. The molecule has 4 aromatic rings. The number of aromatic nitrogens is 3. The summed E-state index contributed by atoms with van der Waals surface area (Å²) in [6, 6.07) is 16.5. The lowest BCUT2D eigenvalue weighted by Gasteiger charge is -2.09. The number of rotatable bonds is 4. The summed E-state index contributed by atoms with van der Waals surface area (Å²) in [5, 5.41) is 8.27. The zero-order chi connectivity index (χ0) is 21.5. The van der Waals surface area contributed by atoms with E-state index in [4.69, 9.17) is 4.74 Å². The molecule has 0 radical (unpaired) electrons. The van der Waals surface area contributed by atoms with Crippen LogP contribution in [-0.2, 0) is 20.0 Å². The van der Waals surface area contributed by atoms with Crippen LogP contribution < -0.4 is 10.1 Å². The smallest absolute Gasteiger partial charge is 0.252 e. The van der Waals surface area contributed by atoms with Gasteiger partial charge in [0.1, 0.15) is 5.75 Å². The lowest BCUT2D eigenvalue weighted by Crippen LogP contribution is -2.23. The second-order valence-corrected chi connectivity index (χ2v) is 8.02. The molecule has 156 valence electrons. The van der Waals surface area contributed by atoms with E-state index in [2.05, 4.69) is 51.8 Å². The predicted molar refractivity (Wildman–Crippen MR) is 120 cm³/mol. The first-order valence-electron chi connectivity index (χ1n) is 10.4. The maximum absolute atomic E-state index is 13.0. The van der Waals surface area contributed by atoms with Crippen LogP contribution in [0.5, 0.6) is 5.75 Å². The van der Waals surface area contributed by atoms with E-state index < -0.39 is 0 Å². The van der Waals surface area contributed by atoms with Crippen LogP contribution in [0.3, 0.4) is 0 Å². The van der Waals surface area contributed by atoms with E-state index in [9.17, 15) is 4.79 Å². The summed E-state index contributed by atoms with van der Waals surface area (Å²) in [4.78, 5) is 17.5. The van der Waals surface area contributed by atoms with Crippen molar-refractivity contribution in [3.63, 3.8) is 0 Å². The van der Waals surface area contributed by atoms with Crippen molar-refractivity contribution >= 4 is 16.9 Å². The number of benzene rings is 2. The van der Waals surface area contributed by atoms with Crippen LogP contribution in [0.1, 0.15) is 32.9 Å². The maximum Gasteiger partial charge on any atom is 0.252 e. The number of amides is 1. The van der Waals surface area contributed by atoms with Gasteiger partial charge in [0.25, 0.3) is 5.91 Å². The number of fused-ring (bicyclic) bond motifs is 2. The summed E-state index contributed by atoms with van der Waals surface area (Å²) in [6.07, 6.45) is 0.964. The van der Waals surface area contributed by atoms with Gasteiger partial charge in [-0.15, -0.1) is 0 Å². The fraction of sp³-hybridized carbons (Fsp3) is 0.240. The van der Waals surface area contributed by atoms with E-state index >= 15 is 0 Å². The Bertz CT molecular complexity index is 1310. The lowest BCUT2D eigenvalue weighted by atomic mass is 10.0. The lowest BCUT2D eigenvalue weighted by molar-refractivity contribution is 0.0952. The molecule has 31 heavy (non-hydrogen) atoms. The van der Waals surface area contributed by atoms with Crippen molar-refractivity contribution in [3.8, 4) is 16.9 Å². The third-order valence-corrected chi connectivity index (χ3v) is 5.77. The molecule has 0 unspecified atom stereocenters. The van der Waals surface area contributed by atoms with E-state index in [0.717, 1.165) is 52.3 Å². The molecule has 0 fully saturated rings. The molecule has 0 saturated carbocycles. The van der Waals surface area contributed by atoms with Gasteiger partial charge in [0.2, 0.25) is 0 Å². The first kappa shape index (κ1) is 19.3. The molecule has 0 spiro atoms. The van der Waals surface area contributed by atoms with Crippen LogP contribution in [-0.4, -0.2) is 27.3 Å². The average Bonchev–Trinajstić information content (AvgIpc) is 3.35. The van der Waals surface area contributed by atoms with Crippen molar-refractivity contribution in [1.82, 2.24) is 20.1 Å². The van der Waals surface area contributed by atoms with Gasteiger partial charge >= 0.3 is 0 Å².